The first-order chi connectivity index (χ1) is 8.95. The summed E-state index contributed by atoms with van der Waals surface area (Å²) in [5, 5.41) is 0.121. The number of piperazine rings is 1. The van der Waals surface area contributed by atoms with Gasteiger partial charge in [-0.25, -0.2) is 13.4 Å². The fraction of sp³-hybridized carbons (Fsp3) is 0.727. The minimum absolute atomic E-state index is 0.121. The summed E-state index contributed by atoms with van der Waals surface area (Å²) in [5.41, 5.74) is 5.63. The van der Waals surface area contributed by atoms with Crippen LogP contribution in [0.3, 0.4) is 0 Å². The van der Waals surface area contributed by atoms with Crippen LogP contribution in [-0.4, -0.2) is 65.9 Å². The van der Waals surface area contributed by atoms with Gasteiger partial charge in [0, 0.05) is 52.0 Å². The Labute approximate surface area is 114 Å². The molecule has 1 aromatic heterocycles. The normalized spacial score (nSPS) is 20.6. The van der Waals surface area contributed by atoms with Crippen LogP contribution in [0.15, 0.2) is 17.6 Å². The molecule has 108 valence electrons. The molecule has 0 spiro atoms. The molecule has 1 unspecified atom stereocenters. The average molecular weight is 287 g/mol. The molecule has 1 aliphatic heterocycles. The lowest BCUT2D eigenvalue weighted by Gasteiger charge is -2.36. The summed E-state index contributed by atoms with van der Waals surface area (Å²) < 4.78 is 27.8. The Hall–Kier alpha value is -0.960. The van der Waals surface area contributed by atoms with Crippen molar-refractivity contribution >= 4 is 10.0 Å². The van der Waals surface area contributed by atoms with Crippen molar-refractivity contribution in [3.05, 3.63) is 12.5 Å². The van der Waals surface area contributed by atoms with Gasteiger partial charge in [-0.05, 0) is 6.92 Å². The number of hydrogen-bond acceptors (Lipinski definition) is 5. The molecule has 0 aliphatic carbocycles. The van der Waals surface area contributed by atoms with Crippen molar-refractivity contribution in [1.29, 1.82) is 0 Å². The van der Waals surface area contributed by atoms with Crippen LogP contribution >= 0.6 is 0 Å². The lowest BCUT2D eigenvalue weighted by atomic mass is 10.2. The van der Waals surface area contributed by atoms with Gasteiger partial charge in [0.05, 0.1) is 6.33 Å². The quantitative estimate of drug-likeness (QED) is 0.774. The second-order valence-corrected chi connectivity index (χ2v) is 6.79. The van der Waals surface area contributed by atoms with E-state index in [2.05, 4.69) is 16.8 Å². The maximum Gasteiger partial charge on any atom is 0.262 e. The maximum absolute atomic E-state index is 12.4. The van der Waals surface area contributed by atoms with Gasteiger partial charge >= 0.3 is 0 Å². The molecular weight excluding hydrogens is 266 g/mol. The van der Waals surface area contributed by atoms with Crippen LogP contribution in [0.5, 0.6) is 0 Å². The fourth-order valence-corrected chi connectivity index (χ4v) is 3.58. The van der Waals surface area contributed by atoms with Gasteiger partial charge in [-0.3, -0.25) is 4.90 Å². The van der Waals surface area contributed by atoms with Gasteiger partial charge in [0.2, 0.25) is 0 Å². The molecule has 0 amide bonds. The predicted octanol–water partition coefficient (Wildman–Crippen LogP) is -0.926. The summed E-state index contributed by atoms with van der Waals surface area (Å²) in [6.07, 6.45) is 3.03. The number of rotatable bonds is 4. The van der Waals surface area contributed by atoms with E-state index in [1.807, 2.05) is 0 Å². The molecule has 0 radical (unpaired) electrons. The molecule has 0 saturated carbocycles. The van der Waals surface area contributed by atoms with Crippen LogP contribution in [0.2, 0.25) is 0 Å². The summed E-state index contributed by atoms with van der Waals surface area (Å²) in [6, 6.07) is 0.291. The van der Waals surface area contributed by atoms with E-state index in [9.17, 15) is 8.42 Å². The van der Waals surface area contributed by atoms with E-state index in [0.717, 1.165) is 0 Å². The molecule has 1 aliphatic rings. The summed E-state index contributed by atoms with van der Waals surface area (Å²) in [4.78, 5) is 6.15. The van der Waals surface area contributed by atoms with E-state index < -0.39 is 10.0 Å². The third kappa shape index (κ3) is 2.97. The number of hydrogen-bond donors (Lipinski definition) is 1. The summed E-state index contributed by atoms with van der Waals surface area (Å²) in [7, 11) is -1.70. The predicted molar refractivity (Wildman–Crippen MR) is 72.1 cm³/mol. The van der Waals surface area contributed by atoms with Crippen LogP contribution in [-0.2, 0) is 17.1 Å². The minimum Gasteiger partial charge on any atom is -0.339 e. The van der Waals surface area contributed by atoms with Crippen LogP contribution < -0.4 is 5.73 Å². The van der Waals surface area contributed by atoms with Crippen LogP contribution in [0.1, 0.15) is 6.92 Å². The standard InChI is InChI=1S/C11H21N5O2S/c1-10(7-12)15-3-5-16(6-4-15)19(17,18)11-8-14(2)9-13-11/h8-10H,3-7,12H2,1-2H3. The third-order valence-electron chi connectivity index (χ3n) is 3.52. The first-order valence-electron chi connectivity index (χ1n) is 6.37. The van der Waals surface area contributed by atoms with E-state index >= 15 is 0 Å². The number of aryl methyl sites for hydroxylation is 1. The average Bonchev–Trinajstić information content (AvgIpc) is 2.85. The maximum atomic E-state index is 12.4. The highest BCUT2D eigenvalue weighted by atomic mass is 32.2. The van der Waals surface area contributed by atoms with E-state index in [-0.39, 0.29) is 5.03 Å². The number of imidazole rings is 1. The van der Waals surface area contributed by atoms with Gasteiger partial charge in [-0.15, -0.1) is 0 Å². The summed E-state index contributed by atoms with van der Waals surface area (Å²) in [6.45, 7) is 5.05. The lowest BCUT2D eigenvalue weighted by molar-refractivity contribution is 0.148. The number of nitrogens with two attached hydrogens (primary N) is 1. The van der Waals surface area contributed by atoms with Crippen molar-refractivity contribution in [2.75, 3.05) is 32.7 Å². The molecule has 1 atom stereocenters. The van der Waals surface area contributed by atoms with Crippen molar-refractivity contribution in [2.45, 2.75) is 18.0 Å². The zero-order valence-corrected chi connectivity index (χ0v) is 12.2. The topological polar surface area (TPSA) is 84.5 Å². The van der Waals surface area contributed by atoms with E-state index in [4.69, 9.17) is 5.73 Å². The van der Waals surface area contributed by atoms with E-state index in [1.165, 1.54) is 16.8 Å². The van der Waals surface area contributed by atoms with Crippen LogP contribution in [0.4, 0.5) is 0 Å². The molecule has 8 heteroatoms. The van der Waals surface area contributed by atoms with Gasteiger partial charge < -0.3 is 10.3 Å². The molecule has 1 aromatic rings. The molecule has 1 saturated heterocycles. The van der Waals surface area contributed by atoms with Gasteiger partial charge in [-0.2, -0.15) is 4.31 Å². The third-order valence-corrected chi connectivity index (χ3v) is 5.31. The highest BCUT2D eigenvalue weighted by Gasteiger charge is 2.30. The summed E-state index contributed by atoms with van der Waals surface area (Å²) >= 11 is 0. The van der Waals surface area contributed by atoms with Gasteiger partial charge in [0.25, 0.3) is 10.0 Å². The highest BCUT2D eigenvalue weighted by Crippen LogP contribution is 2.16. The molecule has 0 aromatic carbocycles. The Morgan fingerprint density at radius 1 is 1.37 bits per heavy atom. The monoisotopic (exact) mass is 287 g/mol. The van der Waals surface area contributed by atoms with Gasteiger partial charge in [0.15, 0.2) is 5.03 Å². The Bertz CT molecular complexity index is 519. The molecule has 2 N–H and O–H groups in total. The Morgan fingerprint density at radius 2 is 2.00 bits per heavy atom. The van der Waals surface area contributed by atoms with Crippen molar-refractivity contribution < 1.29 is 8.42 Å². The Balaban J connectivity index is 2.05. The van der Waals surface area contributed by atoms with Gasteiger partial charge in [-0.1, -0.05) is 0 Å². The zero-order valence-electron chi connectivity index (χ0n) is 11.4. The van der Waals surface area contributed by atoms with Crippen molar-refractivity contribution in [3.63, 3.8) is 0 Å². The second kappa shape index (κ2) is 5.58. The largest absolute Gasteiger partial charge is 0.339 e. The fourth-order valence-electron chi connectivity index (χ4n) is 2.19. The molecule has 1 fully saturated rings. The van der Waals surface area contributed by atoms with Crippen LogP contribution in [0, 0.1) is 0 Å². The number of aromatic nitrogens is 2. The highest BCUT2D eigenvalue weighted by molar-refractivity contribution is 7.89. The van der Waals surface area contributed by atoms with E-state index in [1.54, 1.807) is 11.6 Å². The van der Waals surface area contributed by atoms with Crippen molar-refractivity contribution in [3.8, 4) is 0 Å². The lowest BCUT2D eigenvalue weighted by Crippen LogP contribution is -2.52. The molecule has 2 rings (SSSR count). The molecular formula is C11H21N5O2S. The molecule has 19 heavy (non-hydrogen) atoms. The molecule has 7 nitrogen and oxygen atoms in total. The zero-order chi connectivity index (χ0) is 14.0. The number of nitrogens with zero attached hydrogens (tertiary/aromatic N) is 4. The first kappa shape index (κ1) is 14.4. The first-order valence-corrected chi connectivity index (χ1v) is 7.81. The Kier molecular flexibility index (Phi) is 4.24. The van der Waals surface area contributed by atoms with Crippen molar-refractivity contribution in [2.24, 2.45) is 12.8 Å². The van der Waals surface area contributed by atoms with Gasteiger partial charge in [0.1, 0.15) is 0 Å². The Morgan fingerprint density at radius 3 is 2.47 bits per heavy atom. The van der Waals surface area contributed by atoms with E-state index in [0.29, 0.717) is 38.8 Å². The summed E-state index contributed by atoms with van der Waals surface area (Å²) in [5.74, 6) is 0. The van der Waals surface area contributed by atoms with Crippen LogP contribution in [0.25, 0.3) is 0 Å². The smallest absolute Gasteiger partial charge is 0.262 e. The van der Waals surface area contributed by atoms with Crippen molar-refractivity contribution in [1.82, 2.24) is 18.8 Å². The minimum atomic E-state index is -3.45. The molecule has 0 bridgehead atoms. The molecule has 2 heterocycles. The second-order valence-electron chi connectivity index (χ2n) is 4.90. The number of sulfonamides is 1. The SMILES string of the molecule is CC(CN)N1CCN(S(=O)(=O)c2cn(C)cn2)CC1.